The topological polar surface area (TPSA) is 35.6 Å². The molecule has 2 heterocycles. The predicted octanol–water partition coefficient (Wildman–Crippen LogP) is 3.26. The van der Waals surface area contributed by atoms with Crippen molar-refractivity contribution in [3.8, 4) is 0 Å². The molecule has 1 aromatic rings. The van der Waals surface area contributed by atoms with Gasteiger partial charge in [-0.3, -0.25) is 9.69 Å². The van der Waals surface area contributed by atoms with Crippen LogP contribution in [-0.4, -0.2) is 55.0 Å². The summed E-state index contributed by atoms with van der Waals surface area (Å²) in [5.41, 5.74) is 0.938. The zero-order valence-corrected chi connectivity index (χ0v) is 17.4. The van der Waals surface area contributed by atoms with Crippen LogP contribution in [0.2, 0.25) is 0 Å². The second-order valence-corrected chi connectivity index (χ2v) is 7.98. The van der Waals surface area contributed by atoms with Crippen LogP contribution in [-0.2, 0) is 4.79 Å². The van der Waals surface area contributed by atoms with Crippen molar-refractivity contribution in [1.82, 2.24) is 15.1 Å². The third-order valence-corrected chi connectivity index (χ3v) is 6.41. The Balaban J connectivity index is 0.00000131. The highest BCUT2D eigenvalue weighted by Crippen LogP contribution is 2.42. The summed E-state index contributed by atoms with van der Waals surface area (Å²) in [4.78, 5) is 17.3. The largest absolute Gasteiger partial charge is 0.334 e. The summed E-state index contributed by atoms with van der Waals surface area (Å²) < 4.78 is 13.8. The molecule has 3 atom stereocenters. The molecule has 0 aromatic heterocycles. The zero-order valence-electron chi connectivity index (χ0n) is 15.8. The summed E-state index contributed by atoms with van der Waals surface area (Å²) in [6.07, 6.45) is 4.95. The van der Waals surface area contributed by atoms with Crippen molar-refractivity contribution in [2.75, 3.05) is 33.2 Å². The Hall–Kier alpha value is -0.880. The van der Waals surface area contributed by atoms with Crippen LogP contribution < -0.4 is 5.32 Å². The molecule has 152 valence electrons. The van der Waals surface area contributed by atoms with Gasteiger partial charge in [-0.25, -0.2) is 4.39 Å². The number of halogens is 3. The molecule has 3 aliphatic rings. The SMILES string of the molecule is CN(CC(=O)N1C[C@@H]2CNC[C@@H]2[C@H]1c1cccc(F)c1)C1CCCC1.Cl.Cl. The van der Waals surface area contributed by atoms with Crippen molar-refractivity contribution in [1.29, 1.82) is 0 Å². The average Bonchev–Trinajstić information content (AvgIpc) is 3.31. The van der Waals surface area contributed by atoms with Gasteiger partial charge in [-0.15, -0.1) is 24.8 Å². The molecule has 0 unspecified atom stereocenters. The van der Waals surface area contributed by atoms with E-state index in [4.69, 9.17) is 0 Å². The fourth-order valence-corrected chi connectivity index (χ4v) is 5.07. The van der Waals surface area contributed by atoms with Gasteiger partial charge >= 0.3 is 0 Å². The van der Waals surface area contributed by atoms with E-state index in [2.05, 4.69) is 17.3 Å². The quantitative estimate of drug-likeness (QED) is 0.816. The number of hydrogen-bond acceptors (Lipinski definition) is 3. The van der Waals surface area contributed by atoms with Gasteiger partial charge in [0.05, 0.1) is 12.6 Å². The predicted molar refractivity (Wildman–Crippen MR) is 110 cm³/mol. The van der Waals surface area contributed by atoms with E-state index in [1.54, 1.807) is 12.1 Å². The van der Waals surface area contributed by atoms with Crippen molar-refractivity contribution < 1.29 is 9.18 Å². The number of likely N-dealkylation sites (N-methyl/N-ethyl adjacent to an activating group) is 1. The second-order valence-electron chi connectivity index (χ2n) is 7.98. The van der Waals surface area contributed by atoms with Gasteiger partial charge in [0.1, 0.15) is 5.82 Å². The fourth-order valence-electron chi connectivity index (χ4n) is 5.07. The van der Waals surface area contributed by atoms with Gasteiger partial charge in [-0.2, -0.15) is 0 Å². The van der Waals surface area contributed by atoms with E-state index in [1.165, 1.54) is 31.7 Å². The molecule has 2 saturated heterocycles. The van der Waals surface area contributed by atoms with Crippen molar-refractivity contribution in [2.24, 2.45) is 11.8 Å². The van der Waals surface area contributed by atoms with E-state index in [9.17, 15) is 9.18 Å². The third-order valence-electron chi connectivity index (χ3n) is 6.41. The number of fused-ring (bicyclic) bond motifs is 1. The maximum absolute atomic E-state index is 13.8. The van der Waals surface area contributed by atoms with Gasteiger partial charge < -0.3 is 10.2 Å². The van der Waals surface area contributed by atoms with Crippen LogP contribution >= 0.6 is 24.8 Å². The number of carbonyl (C=O) groups excluding carboxylic acids is 1. The van der Waals surface area contributed by atoms with Gasteiger partial charge in [0.25, 0.3) is 0 Å². The molecular weight excluding hydrogens is 388 g/mol. The monoisotopic (exact) mass is 417 g/mol. The average molecular weight is 418 g/mol. The van der Waals surface area contributed by atoms with E-state index in [1.807, 2.05) is 11.0 Å². The summed E-state index contributed by atoms with van der Waals surface area (Å²) in [6, 6.07) is 7.35. The molecule has 3 fully saturated rings. The van der Waals surface area contributed by atoms with Gasteiger partial charge in [0.15, 0.2) is 0 Å². The van der Waals surface area contributed by atoms with Crippen LogP contribution in [0.15, 0.2) is 24.3 Å². The maximum atomic E-state index is 13.8. The Kier molecular flexibility index (Phi) is 7.93. The van der Waals surface area contributed by atoms with Crippen LogP contribution in [0.5, 0.6) is 0 Å². The standard InChI is InChI=1S/C20H28FN3O.2ClH/c1-23(17-7-2-3-8-17)13-19(25)24-12-15-10-22-11-18(15)20(24)14-5-4-6-16(21)9-14;;/h4-6,9,15,17-18,20,22H,2-3,7-8,10-13H2,1H3;2*1H/t15-,18-,20+;;/m0../s1. The summed E-state index contributed by atoms with van der Waals surface area (Å²) >= 11 is 0. The van der Waals surface area contributed by atoms with Crippen LogP contribution in [0, 0.1) is 17.7 Å². The number of benzene rings is 1. The maximum Gasteiger partial charge on any atom is 0.237 e. The Labute approximate surface area is 173 Å². The minimum atomic E-state index is -0.220. The number of carbonyl (C=O) groups is 1. The number of likely N-dealkylation sites (tertiary alicyclic amines) is 1. The van der Waals surface area contributed by atoms with E-state index >= 15 is 0 Å². The minimum absolute atomic E-state index is 0. The van der Waals surface area contributed by atoms with Gasteiger partial charge in [0.2, 0.25) is 5.91 Å². The fraction of sp³-hybridized carbons (Fsp3) is 0.650. The normalized spacial score (nSPS) is 27.4. The molecule has 1 aromatic carbocycles. The Morgan fingerprint density at radius 3 is 2.70 bits per heavy atom. The van der Waals surface area contributed by atoms with Crippen molar-refractivity contribution in [3.63, 3.8) is 0 Å². The molecule has 27 heavy (non-hydrogen) atoms. The first-order chi connectivity index (χ1) is 12.1. The lowest BCUT2D eigenvalue weighted by Gasteiger charge is -2.31. The first kappa shape index (κ1) is 22.4. The van der Waals surface area contributed by atoms with Crippen LogP contribution in [0.3, 0.4) is 0 Å². The minimum Gasteiger partial charge on any atom is -0.334 e. The van der Waals surface area contributed by atoms with Crippen molar-refractivity contribution >= 4 is 30.7 Å². The molecule has 0 radical (unpaired) electrons. The van der Waals surface area contributed by atoms with E-state index < -0.39 is 0 Å². The lowest BCUT2D eigenvalue weighted by atomic mass is 9.89. The number of nitrogens with zero attached hydrogens (tertiary/aromatic N) is 2. The highest BCUT2D eigenvalue weighted by Gasteiger charge is 2.46. The third kappa shape index (κ3) is 4.58. The highest BCUT2D eigenvalue weighted by atomic mass is 35.5. The molecule has 1 amide bonds. The first-order valence-electron chi connectivity index (χ1n) is 9.59. The van der Waals surface area contributed by atoms with Crippen LogP contribution in [0.4, 0.5) is 4.39 Å². The Morgan fingerprint density at radius 1 is 1.26 bits per heavy atom. The van der Waals surface area contributed by atoms with E-state index in [0.29, 0.717) is 24.4 Å². The van der Waals surface area contributed by atoms with Crippen molar-refractivity contribution in [3.05, 3.63) is 35.6 Å². The number of amides is 1. The molecule has 4 nitrogen and oxygen atoms in total. The molecule has 1 aliphatic carbocycles. The van der Waals surface area contributed by atoms with Crippen LogP contribution in [0.25, 0.3) is 0 Å². The lowest BCUT2D eigenvalue weighted by Crippen LogP contribution is -2.43. The highest BCUT2D eigenvalue weighted by molar-refractivity contribution is 5.85. The molecule has 7 heteroatoms. The molecule has 1 N–H and O–H groups in total. The van der Waals surface area contributed by atoms with E-state index in [0.717, 1.165) is 25.2 Å². The summed E-state index contributed by atoms with van der Waals surface area (Å²) in [7, 11) is 2.07. The molecule has 0 bridgehead atoms. The zero-order chi connectivity index (χ0) is 17.4. The van der Waals surface area contributed by atoms with Crippen molar-refractivity contribution in [2.45, 2.75) is 37.8 Å². The number of nitrogens with one attached hydrogen (secondary N) is 1. The summed E-state index contributed by atoms with van der Waals surface area (Å²) in [5.74, 6) is 0.844. The number of rotatable bonds is 4. The molecule has 4 rings (SSSR count). The molecule has 1 saturated carbocycles. The van der Waals surface area contributed by atoms with E-state index in [-0.39, 0.29) is 42.6 Å². The second kappa shape index (κ2) is 9.55. The smallest absolute Gasteiger partial charge is 0.237 e. The lowest BCUT2D eigenvalue weighted by molar-refractivity contribution is -0.134. The molecule has 0 spiro atoms. The summed E-state index contributed by atoms with van der Waals surface area (Å²) in [5, 5.41) is 3.44. The molecule has 2 aliphatic heterocycles. The molecular formula is C20H30Cl2FN3O. The Bertz CT molecular complexity index is 641. The van der Waals surface area contributed by atoms with Crippen LogP contribution in [0.1, 0.15) is 37.3 Å². The van der Waals surface area contributed by atoms with Gasteiger partial charge in [0, 0.05) is 31.6 Å². The van der Waals surface area contributed by atoms with Gasteiger partial charge in [-0.05, 0) is 43.5 Å². The number of hydrogen-bond donors (Lipinski definition) is 1. The summed E-state index contributed by atoms with van der Waals surface area (Å²) in [6.45, 7) is 3.13. The Morgan fingerprint density at radius 2 is 2.00 bits per heavy atom. The van der Waals surface area contributed by atoms with Gasteiger partial charge in [-0.1, -0.05) is 25.0 Å². The first-order valence-corrected chi connectivity index (χ1v) is 9.59.